The number of rotatable bonds is 6. The third-order valence-corrected chi connectivity index (χ3v) is 2.30. The first-order valence-corrected chi connectivity index (χ1v) is 5.44. The molecule has 0 aliphatic carbocycles. The van der Waals surface area contributed by atoms with Crippen LogP contribution in [0.15, 0.2) is 29.4 Å². The third kappa shape index (κ3) is 4.05. The molecule has 0 spiro atoms. The Hall–Kier alpha value is -1.59. The highest BCUT2D eigenvalue weighted by Gasteiger charge is 2.04. The van der Waals surface area contributed by atoms with E-state index < -0.39 is 6.10 Å². The van der Waals surface area contributed by atoms with Gasteiger partial charge in [-0.3, -0.25) is 0 Å². The summed E-state index contributed by atoms with van der Waals surface area (Å²) in [6.07, 6.45) is -0.236. The molecule has 1 atom stereocenters. The number of aliphatic hydroxyl groups excluding tert-OH is 2. The van der Waals surface area contributed by atoms with Crippen molar-refractivity contribution >= 4 is 5.71 Å². The van der Waals surface area contributed by atoms with E-state index in [4.69, 9.17) is 20.2 Å². The Morgan fingerprint density at radius 1 is 1.35 bits per heavy atom. The lowest BCUT2D eigenvalue weighted by Gasteiger charge is -2.10. The Balaban J connectivity index is 2.62. The van der Waals surface area contributed by atoms with E-state index in [0.717, 1.165) is 5.56 Å². The molecular weight excluding hydrogens is 222 g/mol. The van der Waals surface area contributed by atoms with Crippen LogP contribution in [0.3, 0.4) is 0 Å². The second-order valence-electron chi connectivity index (χ2n) is 3.57. The lowest BCUT2D eigenvalue weighted by molar-refractivity contribution is 0.0536. The second kappa shape index (κ2) is 6.88. The minimum absolute atomic E-state index is 0.0462. The summed E-state index contributed by atoms with van der Waals surface area (Å²) in [4.78, 5) is 0. The van der Waals surface area contributed by atoms with E-state index in [2.05, 4.69) is 5.16 Å². The van der Waals surface area contributed by atoms with Crippen molar-refractivity contribution in [1.82, 2.24) is 0 Å². The fraction of sp³-hybridized carbons (Fsp3) is 0.417. The maximum Gasteiger partial charge on any atom is 0.119 e. The molecule has 0 saturated heterocycles. The molecule has 0 amide bonds. The highest BCUT2D eigenvalue weighted by atomic mass is 16.5. The molecule has 0 aromatic heterocycles. The zero-order valence-electron chi connectivity index (χ0n) is 9.71. The molecule has 0 aliphatic rings. The summed E-state index contributed by atoms with van der Waals surface area (Å²) in [6, 6.07) is 7.00. The van der Waals surface area contributed by atoms with Crippen LogP contribution in [-0.4, -0.2) is 40.4 Å². The van der Waals surface area contributed by atoms with Crippen LogP contribution in [0.2, 0.25) is 0 Å². The van der Waals surface area contributed by atoms with E-state index >= 15 is 0 Å². The Kier molecular flexibility index (Phi) is 5.45. The molecule has 0 fully saturated rings. The van der Waals surface area contributed by atoms with E-state index in [1.54, 1.807) is 24.3 Å². The SMILES string of the molecule is CC/C(=N/O)c1ccc(OCC(O)CO)cc1. The van der Waals surface area contributed by atoms with Crippen LogP contribution < -0.4 is 4.74 Å². The van der Waals surface area contributed by atoms with Crippen molar-refractivity contribution in [3.8, 4) is 5.75 Å². The van der Waals surface area contributed by atoms with E-state index in [1.165, 1.54) is 0 Å². The van der Waals surface area contributed by atoms with Crippen molar-refractivity contribution in [2.75, 3.05) is 13.2 Å². The van der Waals surface area contributed by atoms with Gasteiger partial charge in [-0.1, -0.05) is 12.1 Å². The average Bonchev–Trinajstić information content (AvgIpc) is 2.38. The molecule has 0 bridgehead atoms. The summed E-state index contributed by atoms with van der Waals surface area (Å²) in [5, 5.41) is 29.7. The summed E-state index contributed by atoms with van der Waals surface area (Å²) < 4.78 is 5.25. The number of benzene rings is 1. The molecule has 5 nitrogen and oxygen atoms in total. The molecule has 0 radical (unpaired) electrons. The lowest BCUT2D eigenvalue weighted by Crippen LogP contribution is -2.21. The lowest BCUT2D eigenvalue weighted by atomic mass is 10.1. The van der Waals surface area contributed by atoms with E-state index in [1.807, 2.05) is 6.92 Å². The predicted octanol–water partition coefficient (Wildman–Crippen LogP) is 1.01. The molecule has 1 rings (SSSR count). The predicted molar refractivity (Wildman–Crippen MR) is 63.6 cm³/mol. The number of ether oxygens (including phenoxy) is 1. The molecule has 5 heteroatoms. The first-order valence-electron chi connectivity index (χ1n) is 5.44. The minimum Gasteiger partial charge on any atom is -0.491 e. The van der Waals surface area contributed by atoms with Crippen molar-refractivity contribution in [3.05, 3.63) is 29.8 Å². The molecule has 1 aromatic rings. The van der Waals surface area contributed by atoms with Gasteiger partial charge in [0.1, 0.15) is 18.5 Å². The van der Waals surface area contributed by atoms with Crippen molar-refractivity contribution in [2.45, 2.75) is 19.4 Å². The number of nitrogens with zero attached hydrogens (tertiary/aromatic N) is 1. The first-order chi connectivity index (χ1) is 8.21. The van der Waals surface area contributed by atoms with Crippen LogP contribution in [0.1, 0.15) is 18.9 Å². The van der Waals surface area contributed by atoms with Gasteiger partial charge in [0.05, 0.1) is 12.3 Å². The van der Waals surface area contributed by atoms with Gasteiger partial charge < -0.3 is 20.2 Å². The average molecular weight is 239 g/mol. The van der Waals surface area contributed by atoms with Crippen molar-refractivity contribution in [3.63, 3.8) is 0 Å². The smallest absolute Gasteiger partial charge is 0.119 e. The van der Waals surface area contributed by atoms with Crippen LogP contribution in [0.25, 0.3) is 0 Å². The van der Waals surface area contributed by atoms with Gasteiger partial charge in [-0.05, 0) is 36.2 Å². The minimum atomic E-state index is -0.875. The van der Waals surface area contributed by atoms with Crippen LogP contribution in [0, 0.1) is 0 Å². The first kappa shape index (κ1) is 13.5. The quantitative estimate of drug-likeness (QED) is 0.393. The largest absolute Gasteiger partial charge is 0.491 e. The Bertz CT molecular complexity index is 361. The van der Waals surface area contributed by atoms with Gasteiger partial charge in [0.25, 0.3) is 0 Å². The standard InChI is InChI=1S/C12H17NO4/c1-2-12(13-16)9-3-5-11(6-4-9)17-8-10(15)7-14/h3-6,10,14-16H,2,7-8H2,1H3/b13-12-. The van der Waals surface area contributed by atoms with Crippen LogP contribution in [0.4, 0.5) is 0 Å². The monoisotopic (exact) mass is 239 g/mol. The van der Waals surface area contributed by atoms with Gasteiger partial charge >= 0.3 is 0 Å². The highest BCUT2D eigenvalue weighted by Crippen LogP contribution is 2.14. The summed E-state index contributed by atoms with van der Waals surface area (Å²) in [5.41, 5.74) is 1.43. The molecule has 0 heterocycles. The third-order valence-electron chi connectivity index (χ3n) is 2.30. The molecule has 0 saturated carbocycles. The maximum absolute atomic E-state index is 9.11. The van der Waals surface area contributed by atoms with Gasteiger partial charge in [-0.25, -0.2) is 0 Å². The molecule has 1 aromatic carbocycles. The normalized spacial score (nSPS) is 13.5. The Morgan fingerprint density at radius 2 is 2.00 bits per heavy atom. The topological polar surface area (TPSA) is 82.3 Å². The van der Waals surface area contributed by atoms with E-state index in [0.29, 0.717) is 17.9 Å². The molecule has 0 aliphatic heterocycles. The number of hydrogen-bond acceptors (Lipinski definition) is 5. The van der Waals surface area contributed by atoms with Gasteiger partial charge in [0, 0.05) is 0 Å². The summed E-state index contributed by atoms with van der Waals surface area (Å²) in [6.45, 7) is 1.62. The molecule has 17 heavy (non-hydrogen) atoms. The van der Waals surface area contributed by atoms with Crippen molar-refractivity contribution in [1.29, 1.82) is 0 Å². The van der Waals surface area contributed by atoms with E-state index in [-0.39, 0.29) is 13.2 Å². The zero-order chi connectivity index (χ0) is 12.7. The summed E-state index contributed by atoms with van der Waals surface area (Å²) >= 11 is 0. The zero-order valence-corrected chi connectivity index (χ0v) is 9.71. The fourth-order valence-corrected chi connectivity index (χ4v) is 1.32. The van der Waals surface area contributed by atoms with Gasteiger partial charge in [-0.2, -0.15) is 0 Å². The number of hydrogen-bond donors (Lipinski definition) is 3. The second-order valence-corrected chi connectivity index (χ2v) is 3.57. The van der Waals surface area contributed by atoms with Gasteiger partial charge in [0.2, 0.25) is 0 Å². The molecule has 1 unspecified atom stereocenters. The number of aliphatic hydroxyl groups is 2. The highest BCUT2D eigenvalue weighted by molar-refractivity contribution is 6.00. The van der Waals surface area contributed by atoms with Crippen molar-refractivity contribution in [2.24, 2.45) is 5.16 Å². The van der Waals surface area contributed by atoms with Gasteiger partial charge in [-0.15, -0.1) is 0 Å². The number of oxime groups is 1. The van der Waals surface area contributed by atoms with Crippen LogP contribution >= 0.6 is 0 Å². The van der Waals surface area contributed by atoms with E-state index in [9.17, 15) is 0 Å². The van der Waals surface area contributed by atoms with Crippen molar-refractivity contribution < 1.29 is 20.2 Å². The van der Waals surface area contributed by atoms with Gasteiger partial charge in [0.15, 0.2) is 0 Å². The summed E-state index contributed by atoms with van der Waals surface area (Å²) in [7, 11) is 0. The Labute approximate surface area is 100.0 Å². The van der Waals surface area contributed by atoms with Crippen LogP contribution in [0.5, 0.6) is 5.75 Å². The fourth-order valence-electron chi connectivity index (χ4n) is 1.32. The molecule has 3 N–H and O–H groups in total. The molecule has 94 valence electrons. The summed E-state index contributed by atoms with van der Waals surface area (Å²) in [5.74, 6) is 0.592. The van der Waals surface area contributed by atoms with Crippen LogP contribution in [-0.2, 0) is 0 Å². The molecular formula is C12H17NO4. The maximum atomic E-state index is 9.11. The Morgan fingerprint density at radius 3 is 2.47 bits per heavy atom.